The number of amides is 1. The Morgan fingerprint density at radius 1 is 1.33 bits per heavy atom. The number of aromatic amines is 1. The molecule has 4 N–H and O–H groups in total. The number of para-hydroxylation sites is 1. The standard InChI is InChI=1S/C12H12N2O4/c15-10(12(17)18)6-13-11(16)9-5-7-3-1-2-4-8(7)14-9/h1-5,10,14-15H,6H2,(H,13,16)(H,17,18)/t10-/m0/s1. The summed E-state index contributed by atoms with van der Waals surface area (Å²) in [7, 11) is 0. The summed E-state index contributed by atoms with van der Waals surface area (Å²) in [5, 5.41) is 20.7. The molecule has 0 bridgehead atoms. The predicted molar refractivity (Wildman–Crippen MR) is 64.3 cm³/mol. The second kappa shape index (κ2) is 4.89. The van der Waals surface area contributed by atoms with Gasteiger partial charge in [-0.15, -0.1) is 0 Å². The lowest BCUT2D eigenvalue weighted by Crippen LogP contribution is -2.36. The first-order chi connectivity index (χ1) is 8.58. The van der Waals surface area contributed by atoms with Crippen molar-refractivity contribution in [2.24, 2.45) is 0 Å². The number of rotatable bonds is 4. The van der Waals surface area contributed by atoms with Gasteiger partial charge in [-0.25, -0.2) is 4.79 Å². The van der Waals surface area contributed by atoms with Crippen LogP contribution in [0.1, 0.15) is 10.5 Å². The van der Waals surface area contributed by atoms with Crippen molar-refractivity contribution in [2.75, 3.05) is 6.54 Å². The van der Waals surface area contributed by atoms with Crippen LogP contribution in [0.15, 0.2) is 30.3 Å². The van der Waals surface area contributed by atoms with Gasteiger partial charge in [0, 0.05) is 10.9 Å². The summed E-state index contributed by atoms with van der Waals surface area (Å²) in [5.74, 6) is -1.82. The number of aliphatic carboxylic acids is 1. The van der Waals surface area contributed by atoms with Crippen molar-refractivity contribution in [1.82, 2.24) is 10.3 Å². The number of carbonyl (C=O) groups excluding carboxylic acids is 1. The summed E-state index contributed by atoms with van der Waals surface area (Å²) >= 11 is 0. The van der Waals surface area contributed by atoms with Crippen molar-refractivity contribution < 1.29 is 19.8 Å². The molecule has 0 spiro atoms. The highest BCUT2D eigenvalue weighted by Gasteiger charge is 2.15. The van der Waals surface area contributed by atoms with E-state index in [9.17, 15) is 9.59 Å². The minimum absolute atomic E-state index is 0.328. The van der Waals surface area contributed by atoms with Crippen molar-refractivity contribution >= 4 is 22.8 Å². The number of aliphatic hydroxyl groups is 1. The number of nitrogens with one attached hydrogen (secondary N) is 2. The van der Waals surface area contributed by atoms with Crippen LogP contribution >= 0.6 is 0 Å². The fourth-order valence-corrected chi connectivity index (χ4v) is 1.57. The average molecular weight is 248 g/mol. The van der Waals surface area contributed by atoms with E-state index in [1.54, 1.807) is 6.07 Å². The van der Waals surface area contributed by atoms with Crippen LogP contribution in [-0.2, 0) is 4.79 Å². The molecule has 0 aliphatic heterocycles. The molecule has 0 fully saturated rings. The summed E-state index contributed by atoms with van der Waals surface area (Å²) in [4.78, 5) is 25.0. The third kappa shape index (κ3) is 2.49. The van der Waals surface area contributed by atoms with Gasteiger partial charge in [-0.1, -0.05) is 18.2 Å². The van der Waals surface area contributed by atoms with Gasteiger partial charge in [0.05, 0.1) is 6.54 Å². The molecule has 6 heteroatoms. The highest BCUT2D eigenvalue weighted by Crippen LogP contribution is 2.14. The minimum atomic E-state index is -1.60. The van der Waals surface area contributed by atoms with Crippen molar-refractivity contribution in [3.8, 4) is 0 Å². The van der Waals surface area contributed by atoms with E-state index in [1.807, 2.05) is 24.3 Å². The van der Waals surface area contributed by atoms with Gasteiger partial charge in [-0.3, -0.25) is 4.79 Å². The number of carbonyl (C=O) groups is 2. The molecule has 1 atom stereocenters. The number of aliphatic hydroxyl groups excluding tert-OH is 1. The molecule has 0 radical (unpaired) electrons. The predicted octanol–water partition coefficient (Wildman–Crippen LogP) is 0.343. The van der Waals surface area contributed by atoms with E-state index >= 15 is 0 Å². The van der Waals surface area contributed by atoms with Gasteiger partial charge in [-0.2, -0.15) is 0 Å². The Bertz CT molecular complexity index is 558. The zero-order valence-corrected chi connectivity index (χ0v) is 9.38. The normalized spacial score (nSPS) is 12.3. The van der Waals surface area contributed by atoms with Crippen LogP contribution in [0.2, 0.25) is 0 Å². The van der Waals surface area contributed by atoms with Gasteiger partial charge in [-0.05, 0) is 12.1 Å². The fraction of sp³-hybridized carbons (Fsp3) is 0.167. The van der Waals surface area contributed by atoms with E-state index in [0.29, 0.717) is 5.69 Å². The van der Waals surface area contributed by atoms with E-state index in [0.717, 1.165) is 10.9 Å². The van der Waals surface area contributed by atoms with E-state index < -0.39 is 18.0 Å². The number of aromatic nitrogens is 1. The first-order valence-corrected chi connectivity index (χ1v) is 5.35. The monoisotopic (exact) mass is 248 g/mol. The molecule has 0 aliphatic rings. The third-order valence-electron chi connectivity index (χ3n) is 2.52. The maximum absolute atomic E-state index is 11.7. The zero-order valence-electron chi connectivity index (χ0n) is 9.38. The number of hydrogen-bond donors (Lipinski definition) is 4. The van der Waals surface area contributed by atoms with Gasteiger partial charge in [0.15, 0.2) is 6.10 Å². The summed E-state index contributed by atoms with van der Waals surface area (Å²) in [5.41, 5.74) is 1.15. The van der Waals surface area contributed by atoms with Gasteiger partial charge < -0.3 is 20.5 Å². The van der Waals surface area contributed by atoms with Crippen LogP contribution in [0.25, 0.3) is 10.9 Å². The van der Waals surface area contributed by atoms with Gasteiger partial charge >= 0.3 is 5.97 Å². The number of fused-ring (bicyclic) bond motifs is 1. The highest BCUT2D eigenvalue weighted by atomic mass is 16.4. The van der Waals surface area contributed by atoms with Crippen LogP contribution in [-0.4, -0.2) is 39.7 Å². The molecule has 0 aliphatic carbocycles. The topological polar surface area (TPSA) is 102 Å². The summed E-state index contributed by atoms with van der Waals surface area (Å²) in [6, 6.07) is 9.05. The Morgan fingerprint density at radius 2 is 2.06 bits per heavy atom. The number of hydrogen-bond acceptors (Lipinski definition) is 3. The molecule has 1 heterocycles. The molecule has 6 nitrogen and oxygen atoms in total. The van der Waals surface area contributed by atoms with E-state index in [2.05, 4.69) is 10.3 Å². The van der Waals surface area contributed by atoms with Crippen LogP contribution in [0, 0.1) is 0 Å². The lowest BCUT2D eigenvalue weighted by Gasteiger charge is -2.06. The van der Waals surface area contributed by atoms with Crippen LogP contribution in [0.5, 0.6) is 0 Å². The largest absolute Gasteiger partial charge is 0.479 e. The lowest BCUT2D eigenvalue weighted by molar-refractivity contribution is -0.146. The Kier molecular flexibility index (Phi) is 3.29. The quantitative estimate of drug-likeness (QED) is 0.626. The molecule has 1 amide bonds. The number of carboxylic acids is 1. The first-order valence-electron chi connectivity index (χ1n) is 5.35. The van der Waals surface area contributed by atoms with Crippen molar-refractivity contribution in [3.63, 3.8) is 0 Å². The van der Waals surface area contributed by atoms with Crippen LogP contribution in [0.3, 0.4) is 0 Å². The van der Waals surface area contributed by atoms with E-state index in [4.69, 9.17) is 10.2 Å². The van der Waals surface area contributed by atoms with E-state index in [1.165, 1.54) is 0 Å². The van der Waals surface area contributed by atoms with Crippen molar-refractivity contribution in [3.05, 3.63) is 36.0 Å². The van der Waals surface area contributed by atoms with Gasteiger partial charge in [0.2, 0.25) is 0 Å². The molecule has 94 valence electrons. The molecule has 1 aromatic carbocycles. The maximum Gasteiger partial charge on any atom is 0.334 e. The van der Waals surface area contributed by atoms with Gasteiger partial charge in [0.25, 0.3) is 5.91 Å². The molecule has 1 aromatic heterocycles. The van der Waals surface area contributed by atoms with Crippen LogP contribution < -0.4 is 5.32 Å². The second-order valence-corrected chi connectivity index (χ2v) is 3.83. The van der Waals surface area contributed by atoms with Crippen molar-refractivity contribution in [2.45, 2.75) is 6.10 Å². The zero-order chi connectivity index (χ0) is 13.1. The molecule has 2 aromatic rings. The molecule has 18 heavy (non-hydrogen) atoms. The smallest absolute Gasteiger partial charge is 0.334 e. The summed E-state index contributed by atoms with van der Waals surface area (Å²) in [6.45, 7) is -0.330. The maximum atomic E-state index is 11.7. The lowest BCUT2D eigenvalue weighted by atomic mass is 10.2. The minimum Gasteiger partial charge on any atom is -0.479 e. The summed E-state index contributed by atoms with van der Waals surface area (Å²) in [6.07, 6.45) is -1.60. The van der Waals surface area contributed by atoms with Crippen LogP contribution in [0.4, 0.5) is 0 Å². The van der Waals surface area contributed by atoms with E-state index in [-0.39, 0.29) is 6.54 Å². The van der Waals surface area contributed by atoms with Gasteiger partial charge in [0.1, 0.15) is 5.69 Å². The molecular formula is C12H12N2O4. The Morgan fingerprint density at radius 3 is 2.72 bits per heavy atom. The Hall–Kier alpha value is -2.34. The highest BCUT2D eigenvalue weighted by molar-refractivity contribution is 5.98. The van der Waals surface area contributed by atoms with Crippen molar-refractivity contribution in [1.29, 1.82) is 0 Å². The third-order valence-corrected chi connectivity index (χ3v) is 2.52. The number of H-pyrrole nitrogens is 1. The molecule has 0 saturated carbocycles. The second-order valence-electron chi connectivity index (χ2n) is 3.83. The molecule has 2 rings (SSSR count). The summed E-state index contributed by atoms with van der Waals surface area (Å²) < 4.78 is 0. The average Bonchev–Trinajstić information content (AvgIpc) is 2.79. The Labute approximate surface area is 102 Å². The molecular weight excluding hydrogens is 236 g/mol. The number of carboxylic acid groups (broad SMARTS) is 1. The first kappa shape index (κ1) is 12.1. The SMILES string of the molecule is O=C(NC[C@H](O)C(=O)O)c1cc2ccccc2[nH]1. The molecule has 0 unspecified atom stereocenters. The number of benzene rings is 1. The molecule has 0 saturated heterocycles. The fourth-order valence-electron chi connectivity index (χ4n) is 1.57. The Balaban J connectivity index is 2.07.